The van der Waals surface area contributed by atoms with Gasteiger partial charge in [-0.05, 0) is 58.3 Å². The van der Waals surface area contributed by atoms with Crippen molar-refractivity contribution in [2.75, 3.05) is 6.61 Å². The molecule has 4 nitrogen and oxygen atoms in total. The Morgan fingerprint density at radius 1 is 0.865 bits per heavy atom. The molecular weight excluding hydrogens is 504 g/mol. The Kier molecular flexibility index (Phi) is 7.08. The predicted molar refractivity (Wildman–Crippen MR) is 155 cm³/mol. The molecule has 0 aliphatic rings. The molecular formula is C31H23ClO4S. The molecule has 6 rings (SSSR count). The van der Waals surface area contributed by atoms with Gasteiger partial charge in [0.25, 0.3) is 0 Å². The molecule has 0 amide bonds. The van der Waals surface area contributed by atoms with Crippen LogP contribution in [0.25, 0.3) is 41.7 Å². The molecule has 5 aromatic carbocycles. The van der Waals surface area contributed by atoms with E-state index in [0.29, 0.717) is 28.0 Å². The number of carboxylic acids is 1. The fourth-order valence-electron chi connectivity index (χ4n) is 4.41. The summed E-state index contributed by atoms with van der Waals surface area (Å²) >= 11 is 7.77. The third kappa shape index (κ3) is 4.76. The van der Waals surface area contributed by atoms with Crippen LogP contribution in [0.1, 0.15) is 23.7 Å². The lowest BCUT2D eigenvalue weighted by molar-refractivity contribution is 0.0701. The van der Waals surface area contributed by atoms with Gasteiger partial charge in [-0.2, -0.15) is 0 Å². The smallest absolute Gasteiger partial charge is 0.336 e. The minimum atomic E-state index is -0.877. The summed E-state index contributed by atoms with van der Waals surface area (Å²) in [6.07, 6.45) is 0.923. The van der Waals surface area contributed by atoms with Crippen LogP contribution in [0.2, 0.25) is 5.02 Å². The third-order valence-corrected chi connectivity index (χ3v) is 7.59. The number of rotatable bonds is 4. The molecule has 0 saturated carbocycles. The second-order valence-electron chi connectivity index (χ2n) is 8.52. The summed E-state index contributed by atoms with van der Waals surface area (Å²) in [7, 11) is 0. The molecule has 0 fully saturated rings. The number of aromatic carboxylic acids is 1. The molecule has 1 aromatic heterocycles. The Labute approximate surface area is 222 Å². The van der Waals surface area contributed by atoms with Crippen LogP contribution >= 0.6 is 22.9 Å². The molecule has 0 unspecified atom stereocenters. The molecule has 0 atom stereocenters. The summed E-state index contributed by atoms with van der Waals surface area (Å²) in [6, 6.07) is 28.3. The summed E-state index contributed by atoms with van der Waals surface area (Å²) < 4.78 is 7.52. The van der Waals surface area contributed by atoms with E-state index in [-0.39, 0.29) is 5.43 Å². The fraction of sp³-hybridized carbons (Fsp3) is 0.0968. The highest BCUT2D eigenvalue weighted by Crippen LogP contribution is 2.35. The summed E-state index contributed by atoms with van der Waals surface area (Å²) in [4.78, 5) is 24.0. The average Bonchev–Trinajstić information content (AvgIpc) is 2.91. The van der Waals surface area contributed by atoms with Gasteiger partial charge < -0.3 is 9.84 Å². The summed E-state index contributed by atoms with van der Waals surface area (Å²) in [5.74, 6) is -0.142. The van der Waals surface area contributed by atoms with Gasteiger partial charge in [0, 0.05) is 10.1 Å². The van der Waals surface area contributed by atoms with E-state index in [1.807, 2.05) is 84.9 Å². The molecule has 0 spiro atoms. The number of halogens is 1. The zero-order valence-electron chi connectivity index (χ0n) is 20.0. The SMILES string of the molecule is CCCOc1ccc(Cl)c2c(=O)c3ccccc3sc12.O=C(O)c1c2ccccc2cc2ccccc12. The van der Waals surface area contributed by atoms with Crippen LogP contribution in [0.15, 0.2) is 95.8 Å². The Balaban J connectivity index is 0.000000153. The second-order valence-corrected chi connectivity index (χ2v) is 9.98. The van der Waals surface area contributed by atoms with Crippen molar-refractivity contribution < 1.29 is 14.6 Å². The first-order valence-electron chi connectivity index (χ1n) is 11.9. The Morgan fingerprint density at radius 3 is 2.08 bits per heavy atom. The molecule has 184 valence electrons. The molecule has 0 aliphatic carbocycles. The second kappa shape index (κ2) is 10.6. The first-order chi connectivity index (χ1) is 18.0. The highest BCUT2D eigenvalue weighted by Gasteiger charge is 2.14. The molecule has 6 heteroatoms. The largest absolute Gasteiger partial charge is 0.492 e. The van der Waals surface area contributed by atoms with Crippen LogP contribution in [-0.2, 0) is 0 Å². The molecule has 0 bridgehead atoms. The lowest BCUT2D eigenvalue weighted by atomic mass is 9.97. The number of carboxylic acid groups (broad SMARTS) is 1. The van der Waals surface area contributed by atoms with E-state index >= 15 is 0 Å². The van der Waals surface area contributed by atoms with Crippen molar-refractivity contribution in [3.63, 3.8) is 0 Å². The summed E-state index contributed by atoms with van der Waals surface area (Å²) in [5, 5.41) is 14.6. The predicted octanol–water partition coefficient (Wildman–Crippen LogP) is 8.55. The molecule has 0 aliphatic heterocycles. The zero-order valence-corrected chi connectivity index (χ0v) is 21.6. The number of hydrogen-bond acceptors (Lipinski definition) is 4. The minimum Gasteiger partial charge on any atom is -0.492 e. The van der Waals surface area contributed by atoms with E-state index in [1.54, 1.807) is 17.4 Å². The van der Waals surface area contributed by atoms with Crippen molar-refractivity contribution >= 4 is 70.6 Å². The molecule has 0 saturated heterocycles. The molecule has 6 aromatic rings. The van der Waals surface area contributed by atoms with E-state index in [9.17, 15) is 14.7 Å². The summed E-state index contributed by atoms with van der Waals surface area (Å²) in [5.41, 5.74) is 0.361. The van der Waals surface area contributed by atoms with Gasteiger partial charge in [-0.1, -0.05) is 79.2 Å². The number of fused-ring (bicyclic) bond motifs is 4. The van der Waals surface area contributed by atoms with Gasteiger partial charge in [-0.3, -0.25) is 4.79 Å². The average molecular weight is 527 g/mol. The maximum atomic E-state index is 12.6. The molecule has 0 radical (unpaired) electrons. The van der Waals surface area contributed by atoms with Gasteiger partial charge in [0.15, 0.2) is 5.43 Å². The fourth-order valence-corrected chi connectivity index (χ4v) is 5.88. The quantitative estimate of drug-likeness (QED) is 0.234. The van der Waals surface area contributed by atoms with Gasteiger partial charge in [-0.15, -0.1) is 11.3 Å². The van der Waals surface area contributed by atoms with E-state index in [2.05, 4.69) is 6.92 Å². The van der Waals surface area contributed by atoms with Crippen molar-refractivity contribution in [3.05, 3.63) is 112 Å². The maximum absolute atomic E-state index is 12.6. The van der Waals surface area contributed by atoms with Crippen LogP contribution in [0.3, 0.4) is 0 Å². The van der Waals surface area contributed by atoms with Gasteiger partial charge in [0.05, 0.1) is 27.3 Å². The zero-order chi connectivity index (χ0) is 25.9. The highest BCUT2D eigenvalue weighted by atomic mass is 35.5. The van der Waals surface area contributed by atoms with Gasteiger partial charge in [-0.25, -0.2) is 4.79 Å². The monoisotopic (exact) mass is 526 g/mol. The lowest BCUT2D eigenvalue weighted by Crippen LogP contribution is -2.03. The van der Waals surface area contributed by atoms with E-state index < -0.39 is 5.97 Å². The van der Waals surface area contributed by atoms with Gasteiger partial charge in [0.2, 0.25) is 0 Å². The van der Waals surface area contributed by atoms with Crippen molar-refractivity contribution in [2.45, 2.75) is 13.3 Å². The van der Waals surface area contributed by atoms with E-state index in [0.717, 1.165) is 43.1 Å². The number of hydrogen-bond donors (Lipinski definition) is 1. The van der Waals surface area contributed by atoms with Crippen LogP contribution < -0.4 is 10.2 Å². The first-order valence-corrected chi connectivity index (χ1v) is 13.1. The van der Waals surface area contributed by atoms with Crippen molar-refractivity contribution in [3.8, 4) is 5.75 Å². The van der Waals surface area contributed by atoms with Crippen LogP contribution in [0, 0.1) is 0 Å². The molecule has 37 heavy (non-hydrogen) atoms. The Bertz CT molecular complexity index is 1790. The number of carbonyl (C=O) groups is 1. The Morgan fingerprint density at radius 2 is 1.46 bits per heavy atom. The van der Waals surface area contributed by atoms with E-state index in [4.69, 9.17) is 16.3 Å². The third-order valence-electron chi connectivity index (χ3n) is 6.09. The van der Waals surface area contributed by atoms with Crippen LogP contribution in [0.5, 0.6) is 5.75 Å². The van der Waals surface area contributed by atoms with Crippen molar-refractivity contribution in [2.24, 2.45) is 0 Å². The van der Waals surface area contributed by atoms with Crippen molar-refractivity contribution in [1.82, 2.24) is 0 Å². The minimum absolute atomic E-state index is 0.0266. The van der Waals surface area contributed by atoms with Gasteiger partial charge in [0.1, 0.15) is 5.75 Å². The first kappa shape index (κ1) is 24.8. The lowest BCUT2D eigenvalue weighted by Gasteiger charge is -2.09. The topological polar surface area (TPSA) is 63.6 Å². The Hall–Kier alpha value is -3.93. The summed E-state index contributed by atoms with van der Waals surface area (Å²) in [6.45, 7) is 2.68. The van der Waals surface area contributed by atoms with Gasteiger partial charge >= 0.3 is 5.97 Å². The number of ether oxygens (including phenoxy) is 1. The number of benzene rings is 5. The van der Waals surface area contributed by atoms with Crippen molar-refractivity contribution in [1.29, 1.82) is 0 Å². The van der Waals surface area contributed by atoms with Crippen LogP contribution in [0.4, 0.5) is 0 Å². The normalized spacial score (nSPS) is 11.0. The molecule has 1 N–H and O–H groups in total. The highest BCUT2D eigenvalue weighted by molar-refractivity contribution is 7.25. The van der Waals surface area contributed by atoms with Crippen LogP contribution in [-0.4, -0.2) is 17.7 Å². The maximum Gasteiger partial charge on any atom is 0.336 e. The molecule has 1 heterocycles. The standard InChI is InChI=1S/C16H13ClO2S.C15H10O2/c1-2-9-19-12-8-7-11(17)14-15(18)10-5-3-4-6-13(10)20-16(12)14;16-15(17)14-12-7-3-1-5-10(12)9-11-6-2-4-8-13(11)14/h3-8H,2,9H2,1H3;1-9H,(H,16,17). The van der Waals surface area contributed by atoms with E-state index in [1.165, 1.54) is 0 Å².